The molecule has 0 saturated heterocycles. The van der Waals surface area contributed by atoms with Crippen LogP contribution in [0.4, 0.5) is 9.93 Å². The average molecular weight is 342 g/mol. The number of hydrogen-bond acceptors (Lipinski definition) is 8. The molecule has 1 rings (SSSR count). The first-order valence-electron chi connectivity index (χ1n) is 6.60. The van der Waals surface area contributed by atoms with Crippen LogP contribution >= 0.6 is 11.3 Å². The number of methoxy groups -OCH3 is 1. The molecule has 0 unspecified atom stereocenters. The van der Waals surface area contributed by atoms with Crippen LogP contribution < -0.4 is 16.0 Å². The number of urea groups is 1. The van der Waals surface area contributed by atoms with E-state index in [2.05, 4.69) is 22.2 Å². The number of carbonyl (C=O) groups excluding carboxylic acids is 3. The molecule has 1 aromatic rings. The molecular weight excluding hydrogens is 324 g/mol. The van der Waals surface area contributed by atoms with Crippen molar-refractivity contribution in [1.29, 1.82) is 0 Å². The van der Waals surface area contributed by atoms with Crippen molar-refractivity contribution in [3.63, 3.8) is 0 Å². The van der Waals surface area contributed by atoms with Crippen molar-refractivity contribution < 1.29 is 23.9 Å². The van der Waals surface area contributed by atoms with Gasteiger partial charge in [0.1, 0.15) is 0 Å². The van der Waals surface area contributed by atoms with Gasteiger partial charge < -0.3 is 20.1 Å². The predicted octanol–water partition coefficient (Wildman–Crippen LogP) is 0.370. The first kappa shape index (κ1) is 18.6. The summed E-state index contributed by atoms with van der Waals surface area (Å²) in [6, 6.07) is -0.687. The first-order valence-corrected chi connectivity index (χ1v) is 7.48. The number of aromatic nitrogens is 1. The summed E-state index contributed by atoms with van der Waals surface area (Å²) in [6.07, 6.45) is 1.65. The predicted molar refractivity (Wildman–Crippen MR) is 84.5 cm³/mol. The molecule has 0 atom stereocenters. The highest BCUT2D eigenvalue weighted by Gasteiger charge is 2.15. The maximum atomic E-state index is 11.7. The van der Waals surface area contributed by atoms with Crippen LogP contribution in [0.2, 0.25) is 0 Å². The van der Waals surface area contributed by atoms with Crippen molar-refractivity contribution in [2.45, 2.75) is 0 Å². The lowest BCUT2D eigenvalue weighted by Crippen LogP contribution is -2.42. The molecule has 23 heavy (non-hydrogen) atoms. The van der Waals surface area contributed by atoms with Gasteiger partial charge in [0.2, 0.25) is 0 Å². The zero-order valence-electron chi connectivity index (χ0n) is 12.6. The minimum absolute atomic E-state index is 0.0823. The number of imide groups is 1. The van der Waals surface area contributed by atoms with E-state index < -0.39 is 24.5 Å². The third-order valence-corrected chi connectivity index (χ3v) is 3.09. The van der Waals surface area contributed by atoms with E-state index in [-0.39, 0.29) is 12.2 Å². The van der Waals surface area contributed by atoms with Crippen molar-refractivity contribution in [3.8, 4) is 0 Å². The second-order valence-corrected chi connectivity index (χ2v) is 4.94. The average Bonchev–Trinajstić information content (AvgIpc) is 2.99. The normalized spacial score (nSPS) is 9.78. The number of hydrogen-bond donors (Lipinski definition) is 3. The number of nitrogens with one attached hydrogen (secondary N) is 3. The molecule has 0 radical (unpaired) electrons. The fraction of sp³-hybridized carbons (Fsp3) is 0.385. The van der Waals surface area contributed by atoms with E-state index in [1.54, 1.807) is 6.08 Å². The minimum Gasteiger partial charge on any atom is -0.451 e. The van der Waals surface area contributed by atoms with Gasteiger partial charge in [0.05, 0.1) is 6.61 Å². The summed E-state index contributed by atoms with van der Waals surface area (Å²) < 4.78 is 9.51. The summed E-state index contributed by atoms with van der Waals surface area (Å²) in [5, 5.41) is 9.38. The van der Waals surface area contributed by atoms with Gasteiger partial charge in [-0.3, -0.25) is 10.1 Å². The molecule has 0 bridgehead atoms. The van der Waals surface area contributed by atoms with E-state index in [0.717, 1.165) is 0 Å². The lowest BCUT2D eigenvalue weighted by atomic mass is 10.5. The Morgan fingerprint density at radius 3 is 2.91 bits per heavy atom. The molecule has 10 heteroatoms. The molecule has 9 nitrogen and oxygen atoms in total. The van der Waals surface area contributed by atoms with Crippen LogP contribution in [0.25, 0.3) is 0 Å². The number of carbonyl (C=O) groups is 3. The van der Waals surface area contributed by atoms with Crippen LogP contribution in [0.15, 0.2) is 18.0 Å². The van der Waals surface area contributed by atoms with Crippen LogP contribution in [-0.2, 0) is 14.3 Å². The monoisotopic (exact) mass is 342 g/mol. The van der Waals surface area contributed by atoms with Gasteiger partial charge in [-0.25, -0.2) is 14.6 Å². The van der Waals surface area contributed by atoms with E-state index >= 15 is 0 Å². The van der Waals surface area contributed by atoms with Gasteiger partial charge in [0, 0.05) is 25.6 Å². The van der Waals surface area contributed by atoms with Crippen molar-refractivity contribution in [3.05, 3.63) is 23.7 Å². The molecule has 0 fully saturated rings. The number of esters is 1. The zero-order chi connectivity index (χ0) is 17.1. The smallest absolute Gasteiger partial charge is 0.358 e. The molecule has 3 N–H and O–H groups in total. The fourth-order valence-electron chi connectivity index (χ4n) is 1.29. The quantitative estimate of drug-likeness (QED) is 0.337. The van der Waals surface area contributed by atoms with Gasteiger partial charge in [-0.2, -0.15) is 0 Å². The number of anilines is 1. The Bertz CT molecular complexity index is 560. The van der Waals surface area contributed by atoms with Crippen LogP contribution in [0.1, 0.15) is 10.5 Å². The van der Waals surface area contributed by atoms with Gasteiger partial charge >= 0.3 is 12.0 Å². The lowest BCUT2D eigenvalue weighted by molar-refractivity contribution is -0.123. The number of thiazole rings is 1. The Balaban J connectivity index is 2.31. The number of ether oxygens (including phenoxy) is 2. The molecule has 1 aromatic heterocycles. The number of nitrogens with zero attached hydrogens (tertiary/aromatic N) is 1. The zero-order valence-corrected chi connectivity index (χ0v) is 13.4. The molecule has 0 aliphatic heterocycles. The Morgan fingerprint density at radius 1 is 1.43 bits per heavy atom. The summed E-state index contributed by atoms with van der Waals surface area (Å²) in [7, 11) is 1.49. The summed E-state index contributed by atoms with van der Waals surface area (Å²) in [4.78, 5) is 38.4. The van der Waals surface area contributed by atoms with Gasteiger partial charge in [-0.05, 0) is 0 Å². The molecule has 0 aliphatic carbocycles. The van der Waals surface area contributed by atoms with Crippen LogP contribution in [-0.4, -0.2) is 56.3 Å². The van der Waals surface area contributed by atoms with E-state index in [1.807, 2.05) is 5.32 Å². The highest BCUT2D eigenvalue weighted by Crippen LogP contribution is 2.15. The highest BCUT2D eigenvalue weighted by atomic mass is 32.1. The summed E-state index contributed by atoms with van der Waals surface area (Å²) in [6.45, 7) is 4.07. The Morgan fingerprint density at radius 2 is 2.22 bits per heavy atom. The van der Waals surface area contributed by atoms with Crippen LogP contribution in [0, 0.1) is 0 Å². The van der Waals surface area contributed by atoms with E-state index in [1.165, 1.54) is 23.8 Å². The number of amides is 3. The molecule has 0 aromatic carbocycles. The van der Waals surface area contributed by atoms with Crippen molar-refractivity contribution >= 4 is 34.4 Å². The van der Waals surface area contributed by atoms with Crippen molar-refractivity contribution in [2.75, 3.05) is 38.7 Å². The van der Waals surface area contributed by atoms with E-state index in [9.17, 15) is 14.4 Å². The lowest BCUT2D eigenvalue weighted by Gasteiger charge is -2.06. The summed E-state index contributed by atoms with van der Waals surface area (Å²) in [5.74, 6) is -1.49. The van der Waals surface area contributed by atoms with E-state index in [4.69, 9.17) is 9.47 Å². The van der Waals surface area contributed by atoms with Crippen molar-refractivity contribution in [2.24, 2.45) is 0 Å². The maximum absolute atomic E-state index is 11.7. The SMILES string of the molecule is C=CCNc1nc(C(=O)OCC(=O)NC(=O)NCCOC)cs1. The van der Waals surface area contributed by atoms with Crippen molar-refractivity contribution in [1.82, 2.24) is 15.6 Å². The third-order valence-electron chi connectivity index (χ3n) is 2.29. The molecule has 0 aliphatic rings. The standard InChI is InChI=1S/C13H18N4O5S/c1-3-4-15-13-16-9(8-23-13)11(19)22-7-10(18)17-12(20)14-5-6-21-2/h3,8H,1,4-7H2,2H3,(H,15,16)(H2,14,17,18,20). The summed E-state index contributed by atoms with van der Waals surface area (Å²) in [5.41, 5.74) is 0.0823. The van der Waals surface area contributed by atoms with E-state index in [0.29, 0.717) is 18.3 Å². The highest BCUT2D eigenvalue weighted by molar-refractivity contribution is 7.13. The van der Waals surface area contributed by atoms with Gasteiger partial charge in [-0.15, -0.1) is 17.9 Å². The number of rotatable bonds is 9. The van der Waals surface area contributed by atoms with Gasteiger partial charge in [0.15, 0.2) is 17.4 Å². The molecular formula is C13H18N4O5S. The van der Waals surface area contributed by atoms with Crippen LogP contribution in [0.3, 0.4) is 0 Å². The molecule has 1 heterocycles. The molecule has 0 saturated carbocycles. The molecule has 126 valence electrons. The topological polar surface area (TPSA) is 119 Å². The van der Waals surface area contributed by atoms with Gasteiger partial charge in [0.25, 0.3) is 5.91 Å². The largest absolute Gasteiger partial charge is 0.451 e. The Hall–Kier alpha value is -2.46. The minimum atomic E-state index is -0.747. The Kier molecular flexibility index (Phi) is 8.32. The maximum Gasteiger partial charge on any atom is 0.358 e. The Labute approximate surface area is 137 Å². The third kappa shape index (κ3) is 7.38. The second-order valence-electron chi connectivity index (χ2n) is 4.08. The summed E-state index contributed by atoms with van der Waals surface area (Å²) >= 11 is 1.23. The fourth-order valence-corrected chi connectivity index (χ4v) is 1.98. The molecule has 3 amide bonds. The second kappa shape index (κ2) is 10.3. The first-order chi connectivity index (χ1) is 11.1. The van der Waals surface area contributed by atoms with Gasteiger partial charge in [-0.1, -0.05) is 6.08 Å². The van der Waals surface area contributed by atoms with Crippen LogP contribution in [0.5, 0.6) is 0 Å². The molecule has 0 spiro atoms.